The van der Waals surface area contributed by atoms with Gasteiger partial charge >= 0.3 is 5.97 Å². The summed E-state index contributed by atoms with van der Waals surface area (Å²) >= 11 is 5.63. The minimum atomic E-state index is -1.25. The number of carbonyl (C=O) groups is 2. The smallest absolute Gasteiger partial charge is 0.330 e. The van der Waals surface area contributed by atoms with Crippen molar-refractivity contribution >= 4 is 23.5 Å². The lowest BCUT2D eigenvalue weighted by molar-refractivity contribution is -0.143. The van der Waals surface area contributed by atoms with Crippen LogP contribution in [-0.4, -0.2) is 36.7 Å². The number of aliphatic hydroxyl groups excluding tert-OH is 1. The van der Waals surface area contributed by atoms with Gasteiger partial charge in [-0.2, -0.15) is 0 Å². The zero-order valence-corrected chi connectivity index (χ0v) is 10.2. The Labute approximate surface area is 108 Å². The normalized spacial score (nSPS) is 11.8. The number of methoxy groups -OCH3 is 1. The molecule has 2 N–H and O–H groups in total. The first-order valence-electron chi connectivity index (χ1n) is 4.94. The van der Waals surface area contributed by atoms with Crippen molar-refractivity contribution in [2.45, 2.75) is 6.04 Å². The van der Waals surface area contributed by atoms with Gasteiger partial charge in [0.1, 0.15) is 5.82 Å². The predicted octanol–water partition coefficient (Wildman–Crippen LogP) is 0.743. The Morgan fingerprint density at radius 3 is 2.78 bits per heavy atom. The van der Waals surface area contributed by atoms with Crippen molar-refractivity contribution < 1.29 is 23.8 Å². The van der Waals surface area contributed by atoms with Crippen LogP contribution >= 0.6 is 11.6 Å². The van der Waals surface area contributed by atoms with E-state index >= 15 is 0 Å². The average Bonchev–Trinajstić information content (AvgIpc) is 2.37. The summed E-state index contributed by atoms with van der Waals surface area (Å²) in [4.78, 5) is 22.8. The highest BCUT2D eigenvalue weighted by molar-refractivity contribution is 6.31. The Bertz CT molecular complexity index is 466. The van der Waals surface area contributed by atoms with E-state index in [2.05, 4.69) is 10.1 Å². The number of carbonyl (C=O) groups excluding carboxylic acids is 2. The number of amides is 1. The second kappa shape index (κ2) is 6.32. The minimum Gasteiger partial charge on any atom is -0.467 e. The zero-order valence-electron chi connectivity index (χ0n) is 9.44. The van der Waals surface area contributed by atoms with Crippen LogP contribution in [0.25, 0.3) is 0 Å². The molecule has 0 aromatic heterocycles. The summed E-state index contributed by atoms with van der Waals surface area (Å²) < 4.78 is 17.7. The second-order valence-corrected chi connectivity index (χ2v) is 3.79. The van der Waals surface area contributed by atoms with Crippen molar-refractivity contribution in [2.24, 2.45) is 0 Å². The Morgan fingerprint density at radius 2 is 2.22 bits per heavy atom. The van der Waals surface area contributed by atoms with Crippen LogP contribution < -0.4 is 5.32 Å². The largest absolute Gasteiger partial charge is 0.467 e. The van der Waals surface area contributed by atoms with Crippen molar-refractivity contribution in [3.63, 3.8) is 0 Å². The summed E-state index contributed by atoms with van der Waals surface area (Å²) in [6.07, 6.45) is 0. The molecular weight excluding hydrogens is 265 g/mol. The van der Waals surface area contributed by atoms with E-state index in [-0.39, 0.29) is 10.6 Å². The van der Waals surface area contributed by atoms with Crippen LogP contribution in [0.5, 0.6) is 0 Å². The first-order chi connectivity index (χ1) is 8.49. The molecule has 0 bridgehead atoms. The molecule has 1 amide bonds. The molecule has 1 unspecified atom stereocenters. The lowest BCUT2D eigenvalue weighted by Gasteiger charge is -2.14. The summed E-state index contributed by atoms with van der Waals surface area (Å²) in [7, 11) is 1.11. The van der Waals surface area contributed by atoms with Gasteiger partial charge in [-0.3, -0.25) is 4.79 Å². The van der Waals surface area contributed by atoms with Crippen molar-refractivity contribution in [3.05, 3.63) is 34.6 Å². The summed E-state index contributed by atoms with van der Waals surface area (Å²) in [5, 5.41) is 11.2. The summed E-state index contributed by atoms with van der Waals surface area (Å²) in [5.41, 5.74) is -0.315. The lowest BCUT2D eigenvalue weighted by atomic mass is 10.2. The molecule has 7 heteroatoms. The van der Waals surface area contributed by atoms with Crippen molar-refractivity contribution in [1.82, 2.24) is 5.32 Å². The van der Waals surface area contributed by atoms with Crippen LogP contribution in [0.15, 0.2) is 18.2 Å². The van der Waals surface area contributed by atoms with Gasteiger partial charge in [-0.15, -0.1) is 0 Å². The summed E-state index contributed by atoms with van der Waals surface area (Å²) in [6.45, 7) is -0.652. The van der Waals surface area contributed by atoms with Gasteiger partial charge in [0.25, 0.3) is 5.91 Å². The zero-order chi connectivity index (χ0) is 13.7. The average molecular weight is 276 g/mol. The number of hydrogen-bond acceptors (Lipinski definition) is 4. The quantitative estimate of drug-likeness (QED) is 0.795. The molecule has 5 nitrogen and oxygen atoms in total. The van der Waals surface area contributed by atoms with Gasteiger partial charge in [-0.25, -0.2) is 9.18 Å². The maximum atomic E-state index is 13.4. The van der Waals surface area contributed by atoms with Gasteiger partial charge in [-0.1, -0.05) is 11.6 Å². The van der Waals surface area contributed by atoms with Gasteiger partial charge in [0.15, 0.2) is 6.04 Å². The van der Waals surface area contributed by atoms with Crippen molar-refractivity contribution in [3.8, 4) is 0 Å². The highest BCUT2D eigenvalue weighted by Crippen LogP contribution is 2.14. The number of hydrogen-bond donors (Lipinski definition) is 2. The number of rotatable bonds is 4. The number of halogens is 2. The van der Waals surface area contributed by atoms with E-state index in [0.717, 1.165) is 19.2 Å². The van der Waals surface area contributed by atoms with Crippen LogP contribution in [-0.2, 0) is 9.53 Å². The van der Waals surface area contributed by atoms with E-state index in [0.29, 0.717) is 0 Å². The van der Waals surface area contributed by atoms with Crippen LogP contribution in [0, 0.1) is 5.82 Å². The monoisotopic (exact) mass is 275 g/mol. The molecule has 0 aliphatic rings. The molecule has 18 heavy (non-hydrogen) atoms. The third-order valence-corrected chi connectivity index (χ3v) is 2.38. The number of ether oxygens (including phenoxy) is 1. The molecule has 0 heterocycles. The van der Waals surface area contributed by atoms with E-state index in [1.54, 1.807) is 0 Å². The topological polar surface area (TPSA) is 75.6 Å². The highest BCUT2D eigenvalue weighted by Gasteiger charge is 2.22. The molecule has 0 saturated carbocycles. The molecule has 0 saturated heterocycles. The fourth-order valence-electron chi connectivity index (χ4n) is 1.23. The SMILES string of the molecule is COC(=O)C(CO)NC(=O)c1cc(Cl)ccc1F. The van der Waals surface area contributed by atoms with E-state index in [4.69, 9.17) is 16.7 Å². The molecule has 1 atom stereocenters. The summed E-state index contributed by atoms with van der Waals surface area (Å²) in [5.74, 6) is -2.47. The Balaban J connectivity index is 2.87. The highest BCUT2D eigenvalue weighted by atomic mass is 35.5. The molecule has 0 fully saturated rings. The number of aliphatic hydroxyl groups is 1. The van der Waals surface area contributed by atoms with Crippen LogP contribution in [0.3, 0.4) is 0 Å². The minimum absolute atomic E-state index is 0.181. The standard InChI is InChI=1S/C11H11ClFNO4/c1-18-11(17)9(5-15)14-10(16)7-4-6(12)2-3-8(7)13/h2-4,9,15H,5H2,1H3,(H,14,16). The van der Waals surface area contributed by atoms with E-state index in [1.807, 2.05) is 0 Å². The molecule has 98 valence electrons. The Morgan fingerprint density at radius 1 is 1.56 bits per heavy atom. The molecule has 0 aliphatic heterocycles. The summed E-state index contributed by atoms with van der Waals surface area (Å²) in [6, 6.07) is 2.19. The molecule has 0 radical (unpaired) electrons. The number of nitrogens with one attached hydrogen (secondary N) is 1. The van der Waals surface area contributed by atoms with Crippen LogP contribution in [0.4, 0.5) is 4.39 Å². The van der Waals surface area contributed by atoms with Gasteiger partial charge in [0.05, 0.1) is 19.3 Å². The molecule has 0 aliphatic carbocycles. The van der Waals surface area contributed by atoms with E-state index in [9.17, 15) is 14.0 Å². The third-order valence-electron chi connectivity index (χ3n) is 2.15. The van der Waals surface area contributed by atoms with E-state index in [1.165, 1.54) is 6.07 Å². The maximum Gasteiger partial charge on any atom is 0.330 e. The van der Waals surface area contributed by atoms with Crippen LogP contribution in [0.1, 0.15) is 10.4 Å². The molecule has 1 aromatic rings. The van der Waals surface area contributed by atoms with Gasteiger partial charge in [0, 0.05) is 5.02 Å². The van der Waals surface area contributed by atoms with Crippen molar-refractivity contribution in [1.29, 1.82) is 0 Å². The Kier molecular flexibility index (Phi) is 5.06. The van der Waals surface area contributed by atoms with Gasteiger partial charge < -0.3 is 15.2 Å². The van der Waals surface area contributed by atoms with Gasteiger partial charge in [-0.05, 0) is 18.2 Å². The van der Waals surface area contributed by atoms with E-state index < -0.39 is 30.3 Å². The lowest BCUT2D eigenvalue weighted by Crippen LogP contribution is -2.44. The Hall–Kier alpha value is -1.66. The predicted molar refractivity (Wildman–Crippen MR) is 61.8 cm³/mol. The molecule has 1 aromatic carbocycles. The molecule has 1 rings (SSSR count). The third kappa shape index (κ3) is 3.41. The maximum absolute atomic E-state index is 13.4. The molecular formula is C11H11ClFNO4. The fourth-order valence-corrected chi connectivity index (χ4v) is 1.40. The van der Waals surface area contributed by atoms with Crippen molar-refractivity contribution in [2.75, 3.05) is 13.7 Å². The second-order valence-electron chi connectivity index (χ2n) is 3.36. The van der Waals surface area contributed by atoms with Crippen LogP contribution in [0.2, 0.25) is 5.02 Å². The van der Waals surface area contributed by atoms with Gasteiger partial charge in [0.2, 0.25) is 0 Å². The fraction of sp³-hybridized carbons (Fsp3) is 0.273. The first-order valence-corrected chi connectivity index (χ1v) is 5.32. The number of benzene rings is 1. The first kappa shape index (κ1) is 14.4. The molecule has 0 spiro atoms. The number of esters is 1.